The van der Waals surface area contributed by atoms with Gasteiger partial charge in [-0.1, -0.05) is 30.3 Å². The van der Waals surface area contributed by atoms with Crippen LogP contribution in [0.25, 0.3) is 22.4 Å². The second-order valence-corrected chi connectivity index (χ2v) is 8.77. The monoisotopic (exact) mass is 441 g/mol. The third kappa shape index (κ3) is 4.32. The number of fused-ring (bicyclic) bond motifs is 1. The number of nitrogens with zero attached hydrogens (tertiary/aromatic N) is 4. The molecule has 0 amide bonds. The van der Waals surface area contributed by atoms with Crippen molar-refractivity contribution in [3.05, 3.63) is 52.3 Å². The number of thioether (sulfide) groups is 2. The Morgan fingerprint density at radius 3 is 2.73 bits per heavy atom. The zero-order valence-electron chi connectivity index (χ0n) is 17.1. The predicted molar refractivity (Wildman–Crippen MR) is 121 cm³/mol. The molecule has 1 aromatic carbocycles. The van der Waals surface area contributed by atoms with Crippen molar-refractivity contribution in [1.29, 1.82) is 0 Å². The molecule has 0 fully saturated rings. The second-order valence-electron chi connectivity index (χ2n) is 6.95. The van der Waals surface area contributed by atoms with Gasteiger partial charge in [0.25, 0.3) is 5.56 Å². The highest BCUT2D eigenvalue weighted by Crippen LogP contribution is 2.25. The molecule has 0 saturated carbocycles. The Labute approximate surface area is 182 Å². The van der Waals surface area contributed by atoms with E-state index in [1.807, 2.05) is 43.5 Å². The van der Waals surface area contributed by atoms with Gasteiger partial charge in [-0.2, -0.15) is 4.98 Å². The largest absolute Gasteiger partial charge is 0.353 e. The minimum absolute atomic E-state index is 0.0378. The molecular formula is C21H23N5O2S2. The van der Waals surface area contributed by atoms with Gasteiger partial charge in [0, 0.05) is 22.7 Å². The molecule has 4 aromatic rings. The van der Waals surface area contributed by atoms with Crippen LogP contribution in [0.1, 0.15) is 31.4 Å². The van der Waals surface area contributed by atoms with Gasteiger partial charge in [0.2, 0.25) is 11.7 Å². The van der Waals surface area contributed by atoms with Crippen molar-refractivity contribution in [3.8, 4) is 11.4 Å². The summed E-state index contributed by atoms with van der Waals surface area (Å²) in [4.78, 5) is 26.5. The van der Waals surface area contributed by atoms with Gasteiger partial charge in [0.1, 0.15) is 5.52 Å². The van der Waals surface area contributed by atoms with Crippen LogP contribution in [-0.2, 0) is 12.3 Å². The van der Waals surface area contributed by atoms with Crippen LogP contribution in [0.3, 0.4) is 0 Å². The van der Waals surface area contributed by atoms with Gasteiger partial charge in [-0.3, -0.25) is 9.36 Å². The normalized spacial score (nSPS) is 11.4. The smallest absolute Gasteiger partial charge is 0.278 e. The van der Waals surface area contributed by atoms with Crippen molar-refractivity contribution in [2.75, 3.05) is 6.26 Å². The van der Waals surface area contributed by atoms with Crippen molar-refractivity contribution < 1.29 is 4.52 Å². The van der Waals surface area contributed by atoms with Crippen LogP contribution < -0.4 is 5.56 Å². The Balaban J connectivity index is 1.57. The molecule has 0 aliphatic rings. The van der Waals surface area contributed by atoms with Crippen molar-refractivity contribution in [3.63, 3.8) is 0 Å². The average Bonchev–Trinajstić information content (AvgIpc) is 3.38. The Morgan fingerprint density at radius 1 is 1.20 bits per heavy atom. The van der Waals surface area contributed by atoms with Crippen molar-refractivity contribution in [1.82, 2.24) is 24.7 Å². The highest BCUT2D eigenvalue weighted by molar-refractivity contribution is 7.98. The van der Waals surface area contributed by atoms with Crippen molar-refractivity contribution in [2.24, 2.45) is 0 Å². The molecule has 0 aliphatic carbocycles. The van der Waals surface area contributed by atoms with E-state index in [4.69, 9.17) is 9.51 Å². The summed E-state index contributed by atoms with van der Waals surface area (Å²) in [7, 11) is 0. The molecule has 0 aliphatic heterocycles. The van der Waals surface area contributed by atoms with Gasteiger partial charge in [0.15, 0.2) is 5.16 Å². The number of hydrogen-bond acceptors (Lipinski definition) is 7. The first-order chi connectivity index (χ1) is 14.6. The molecule has 30 heavy (non-hydrogen) atoms. The number of aromatic amines is 1. The molecule has 0 atom stereocenters. The number of unbranched alkanes of at least 4 members (excludes halogenated alkanes) is 1. The topological polar surface area (TPSA) is 89.6 Å². The first-order valence-electron chi connectivity index (χ1n) is 9.79. The predicted octanol–water partition coefficient (Wildman–Crippen LogP) is 4.90. The summed E-state index contributed by atoms with van der Waals surface area (Å²) < 4.78 is 7.17. The van der Waals surface area contributed by atoms with Gasteiger partial charge in [0.05, 0.1) is 11.3 Å². The molecule has 0 saturated heterocycles. The Morgan fingerprint density at radius 2 is 2.00 bits per heavy atom. The number of hydrogen-bond donors (Lipinski definition) is 1. The molecular weight excluding hydrogens is 418 g/mol. The van der Waals surface area contributed by atoms with Crippen molar-refractivity contribution >= 4 is 34.6 Å². The third-order valence-electron chi connectivity index (χ3n) is 4.71. The Hall–Kier alpha value is -2.52. The molecule has 3 aromatic heterocycles. The second kappa shape index (κ2) is 9.09. The molecule has 0 bridgehead atoms. The first-order valence-corrected chi connectivity index (χ1v) is 12.0. The molecule has 4 rings (SSSR count). The van der Waals surface area contributed by atoms with E-state index in [0.29, 0.717) is 40.2 Å². The average molecular weight is 442 g/mol. The Kier molecular flexibility index (Phi) is 6.29. The molecule has 9 heteroatoms. The van der Waals surface area contributed by atoms with Crippen LogP contribution in [0.2, 0.25) is 0 Å². The maximum Gasteiger partial charge on any atom is 0.278 e. The summed E-state index contributed by atoms with van der Waals surface area (Å²) in [6.45, 7) is 4.67. The highest BCUT2D eigenvalue weighted by atomic mass is 32.2. The lowest BCUT2D eigenvalue weighted by Crippen LogP contribution is -2.23. The van der Waals surface area contributed by atoms with Crippen LogP contribution >= 0.6 is 23.5 Å². The van der Waals surface area contributed by atoms with E-state index in [2.05, 4.69) is 22.0 Å². The summed E-state index contributed by atoms with van der Waals surface area (Å²) in [5.41, 5.74) is 3.04. The summed E-state index contributed by atoms with van der Waals surface area (Å²) in [6.07, 6.45) is 3.96. The van der Waals surface area contributed by atoms with Crippen LogP contribution in [-0.4, -0.2) is 30.9 Å². The lowest BCUT2D eigenvalue weighted by atomic mass is 10.2. The number of rotatable bonds is 8. The molecule has 0 radical (unpaired) electrons. The summed E-state index contributed by atoms with van der Waals surface area (Å²) in [5.74, 6) is 1.51. The van der Waals surface area contributed by atoms with Gasteiger partial charge in [-0.05, 0) is 49.9 Å². The fraction of sp³-hybridized carbons (Fsp3) is 0.333. The fourth-order valence-electron chi connectivity index (χ4n) is 3.13. The SMILES string of the molecule is CCCCn1c(SCc2nc(-c3ccc(SC)cc3)no2)nc2cc(C)[nH]c2c1=O. The van der Waals surface area contributed by atoms with Crippen LogP contribution in [0.5, 0.6) is 0 Å². The fourth-order valence-corrected chi connectivity index (χ4v) is 4.40. The maximum atomic E-state index is 12.9. The summed E-state index contributed by atoms with van der Waals surface area (Å²) >= 11 is 3.13. The zero-order valence-corrected chi connectivity index (χ0v) is 18.8. The quantitative estimate of drug-likeness (QED) is 0.307. The van der Waals surface area contributed by atoms with E-state index in [1.54, 1.807) is 16.3 Å². The van der Waals surface area contributed by atoms with Crippen LogP contribution in [0.4, 0.5) is 0 Å². The van der Waals surface area contributed by atoms with Gasteiger partial charge in [-0.25, -0.2) is 4.98 Å². The molecule has 0 unspecified atom stereocenters. The number of aromatic nitrogens is 5. The molecule has 0 spiro atoms. The van der Waals surface area contributed by atoms with E-state index < -0.39 is 0 Å². The lowest BCUT2D eigenvalue weighted by molar-refractivity contribution is 0.391. The number of benzene rings is 1. The Bertz CT molecular complexity index is 1210. The summed E-state index contributed by atoms with van der Waals surface area (Å²) in [5, 5.41) is 4.77. The lowest BCUT2D eigenvalue weighted by Gasteiger charge is -2.10. The minimum Gasteiger partial charge on any atom is -0.353 e. The van der Waals surface area contributed by atoms with Crippen molar-refractivity contribution in [2.45, 2.75) is 49.0 Å². The number of aryl methyl sites for hydroxylation is 1. The van der Waals surface area contributed by atoms with E-state index in [9.17, 15) is 4.79 Å². The van der Waals surface area contributed by atoms with E-state index in [1.165, 1.54) is 16.7 Å². The molecule has 1 N–H and O–H groups in total. The highest BCUT2D eigenvalue weighted by Gasteiger charge is 2.15. The number of nitrogens with one attached hydrogen (secondary N) is 1. The molecule has 156 valence electrons. The molecule has 7 nitrogen and oxygen atoms in total. The van der Waals surface area contributed by atoms with Gasteiger partial charge >= 0.3 is 0 Å². The zero-order chi connectivity index (χ0) is 21.1. The standard InChI is InChI=1S/C21H23N5O2S2/c1-4-5-10-26-20(27)18-16(11-13(2)22-18)23-21(26)30-12-17-24-19(25-28-17)14-6-8-15(29-3)9-7-14/h6-9,11,22H,4-5,10,12H2,1-3H3. The van der Waals surface area contributed by atoms with Gasteiger partial charge < -0.3 is 9.51 Å². The maximum absolute atomic E-state index is 12.9. The van der Waals surface area contributed by atoms with Crippen LogP contribution in [0, 0.1) is 6.92 Å². The number of H-pyrrole nitrogens is 1. The summed E-state index contributed by atoms with van der Waals surface area (Å²) in [6, 6.07) is 9.94. The van der Waals surface area contributed by atoms with E-state index in [0.717, 1.165) is 24.1 Å². The minimum atomic E-state index is -0.0378. The third-order valence-corrected chi connectivity index (χ3v) is 6.42. The van der Waals surface area contributed by atoms with E-state index >= 15 is 0 Å². The first kappa shape index (κ1) is 20.7. The molecule has 3 heterocycles. The van der Waals surface area contributed by atoms with Crippen LogP contribution in [0.15, 0.2) is 49.7 Å². The van der Waals surface area contributed by atoms with E-state index in [-0.39, 0.29) is 5.56 Å². The van der Waals surface area contributed by atoms with Gasteiger partial charge in [-0.15, -0.1) is 11.8 Å².